The van der Waals surface area contributed by atoms with Crippen LogP contribution in [0.2, 0.25) is 0 Å². The van der Waals surface area contributed by atoms with Gasteiger partial charge in [-0.3, -0.25) is 4.79 Å². The molecule has 1 saturated carbocycles. The van der Waals surface area contributed by atoms with Crippen LogP contribution in [0.15, 0.2) is 48.5 Å². The molecular weight excluding hydrogens is 444 g/mol. The molecule has 0 saturated heterocycles. The maximum atomic E-state index is 13.1. The summed E-state index contributed by atoms with van der Waals surface area (Å²) in [6.07, 6.45) is 2.95. The SMILES string of the molecule is CC(C)C[C@H](NC(=O)OCC1c2ccccc2-c2ccccc21)C(=O)NC1(C(=O)O)CCCCC1. The summed E-state index contributed by atoms with van der Waals surface area (Å²) in [6.45, 7) is 4.05. The Morgan fingerprint density at radius 1 is 0.971 bits per heavy atom. The molecule has 2 aliphatic carbocycles. The molecule has 1 atom stereocenters. The number of aliphatic carboxylic acids is 1. The van der Waals surface area contributed by atoms with Crippen molar-refractivity contribution in [2.45, 2.75) is 69.9 Å². The van der Waals surface area contributed by atoms with Gasteiger partial charge >= 0.3 is 12.1 Å². The number of hydrogen-bond donors (Lipinski definition) is 3. The number of fused-ring (bicyclic) bond motifs is 3. The van der Waals surface area contributed by atoms with Crippen LogP contribution >= 0.6 is 0 Å². The van der Waals surface area contributed by atoms with Crippen LogP contribution in [0.25, 0.3) is 11.1 Å². The minimum Gasteiger partial charge on any atom is -0.480 e. The Kier molecular flexibility index (Phi) is 7.43. The third-order valence-corrected chi connectivity index (χ3v) is 7.14. The molecular formula is C28H34N2O5. The number of benzene rings is 2. The highest BCUT2D eigenvalue weighted by molar-refractivity contribution is 5.91. The first kappa shape index (κ1) is 24.8. The van der Waals surface area contributed by atoms with Crippen molar-refractivity contribution in [2.24, 2.45) is 5.92 Å². The molecule has 1 fully saturated rings. The topological polar surface area (TPSA) is 105 Å². The lowest BCUT2D eigenvalue weighted by Gasteiger charge is -2.35. The number of amides is 2. The molecule has 0 heterocycles. The molecule has 0 spiro atoms. The van der Waals surface area contributed by atoms with Gasteiger partial charge in [-0.05, 0) is 47.4 Å². The lowest BCUT2D eigenvalue weighted by molar-refractivity contribution is -0.149. The molecule has 3 N–H and O–H groups in total. The highest BCUT2D eigenvalue weighted by Gasteiger charge is 2.42. The van der Waals surface area contributed by atoms with E-state index in [0.717, 1.165) is 41.5 Å². The van der Waals surface area contributed by atoms with Gasteiger partial charge in [0.15, 0.2) is 0 Å². The summed E-state index contributed by atoms with van der Waals surface area (Å²) in [5.41, 5.74) is 3.23. The predicted octanol–water partition coefficient (Wildman–Crippen LogP) is 4.84. The van der Waals surface area contributed by atoms with E-state index < -0.39 is 29.6 Å². The first-order valence-electron chi connectivity index (χ1n) is 12.5. The van der Waals surface area contributed by atoms with Crippen LogP contribution in [-0.2, 0) is 14.3 Å². The van der Waals surface area contributed by atoms with E-state index in [4.69, 9.17) is 4.74 Å². The molecule has 0 aliphatic heterocycles. The van der Waals surface area contributed by atoms with E-state index in [1.54, 1.807) is 0 Å². The molecule has 0 bridgehead atoms. The van der Waals surface area contributed by atoms with Crippen LogP contribution in [0.5, 0.6) is 0 Å². The average molecular weight is 479 g/mol. The Morgan fingerprint density at radius 2 is 1.54 bits per heavy atom. The third kappa shape index (κ3) is 5.34. The van der Waals surface area contributed by atoms with Crippen molar-refractivity contribution in [2.75, 3.05) is 6.61 Å². The third-order valence-electron chi connectivity index (χ3n) is 7.14. The Balaban J connectivity index is 1.43. The number of carbonyl (C=O) groups is 3. The van der Waals surface area contributed by atoms with Gasteiger partial charge < -0.3 is 20.5 Å². The van der Waals surface area contributed by atoms with Crippen LogP contribution < -0.4 is 10.6 Å². The highest BCUT2D eigenvalue weighted by Crippen LogP contribution is 2.44. The van der Waals surface area contributed by atoms with E-state index >= 15 is 0 Å². The summed E-state index contributed by atoms with van der Waals surface area (Å²) in [4.78, 5) is 37.9. The Morgan fingerprint density at radius 3 is 2.09 bits per heavy atom. The maximum absolute atomic E-state index is 13.1. The fourth-order valence-electron chi connectivity index (χ4n) is 5.36. The van der Waals surface area contributed by atoms with Crippen LogP contribution in [0, 0.1) is 5.92 Å². The monoisotopic (exact) mass is 478 g/mol. The molecule has 2 amide bonds. The lowest BCUT2D eigenvalue weighted by Crippen LogP contribution is -2.60. The highest BCUT2D eigenvalue weighted by atomic mass is 16.5. The largest absolute Gasteiger partial charge is 0.480 e. The van der Waals surface area contributed by atoms with Crippen molar-refractivity contribution in [3.8, 4) is 11.1 Å². The number of carboxylic acids is 1. The number of carboxylic acid groups (broad SMARTS) is 1. The van der Waals surface area contributed by atoms with Crippen molar-refractivity contribution in [1.29, 1.82) is 0 Å². The van der Waals surface area contributed by atoms with Gasteiger partial charge in [0.1, 0.15) is 18.2 Å². The zero-order chi connectivity index (χ0) is 25.0. The van der Waals surface area contributed by atoms with Crippen molar-refractivity contribution >= 4 is 18.0 Å². The van der Waals surface area contributed by atoms with Crippen LogP contribution in [-0.4, -0.2) is 41.3 Å². The summed E-state index contributed by atoms with van der Waals surface area (Å²) in [5.74, 6) is -1.46. The minimum absolute atomic E-state index is 0.0805. The second-order valence-corrected chi connectivity index (χ2v) is 10.1. The van der Waals surface area contributed by atoms with Gasteiger partial charge in [-0.15, -0.1) is 0 Å². The summed E-state index contributed by atoms with van der Waals surface area (Å²) in [7, 11) is 0. The van der Waals surface area contributed by atoms with Gasteiger partial charge in [0.2, 0.25) is 5.91 Å². The molecule has 7 heteroatoms. The number of alkyl carbamates (subject to hydrolysis) is 1. The van der Waals surface area contributed by atoms with Gasteiger partial charge in [-0.1, -0.05) is 81.6 Å². The maximum Gasteiger partial charge on any atom is 0.407 e. The van der Waals surface area contributed by atoms with E-state index in [-0.39, 0.29) is 18.4 Å². The van der Waals surface area contributed by atoms with Crippen LogP contribution in [0.4, 0.5) is 4.79 Å². The molecule has 2 aromatic carbocycles. The van der Waals surface area contributed by atoms with Gasteiger partial charge in [0, 0.05) is 5.92 Å². The molecule has 35 heavy (non-hydrogen) atoms. The van der Waals surface area contributed by atoms with Gasteiger partial charge in [-0.25, -0.2) is 9.59 Å². The number of rotatable bonds is 8. The van der Waals surface area contributed by atoms with E-state index in [2.05, 4.69) is 22.8 Å². The molecule has 4 rings (SSSR count). The number of nitrogens with one attached hydrogen (secondary N) is 2. The minimum atomic E-state index is -1.27. The van der Waals surface area contributed by atoms with Gasteiger partial charge in [0.25, 0.3) is 0 Å². The molecule has 0 aromatic heterocycles. The molecule has 2 aromatic rings. The van der Waals surface area contributed by atoms with Crippen molar-refractivity contribution < 1.29 is 24.2 Å². The fourth-order valence-corrected chi connectivity index (χ4v) is 5.36. The summed E-state index contributed by atoms with van der Waals surface area (Å²) < 4.78 is 5.62. The molecule has 186 valence electrons. The first-order valence-corrected chi connectivity index (χ1v) is 12.5. The van der Waals surface area contributed by atoms with E-state index in [1.807, 2.05) is 50.2 Å². The summed E-state index contributed by atoms with van der Waals surface area (Å²) in [6, 6.07) is 15.3. The quantitative estimate of drug-likeness (QED) is 0.503. The van der Waals surface area contributed by atoms with Crippen molar-refractivity contribution in [3.63, 3.8) is 0 Å². The second kappa shape index (κ2) is 10.5. The van der Waals surface area contributed by atoms with Gasteiger partial charge in [0.05, 0.1) is 0 Å². The zero-order valence-electron chi connectivity index (χ0n) is 20.4. The normalized spacial score (nSPS) is 17.2. The second-order valence-electron chi connectivity index (χ2n) is 10.1. The number of carbonyl (C=O) groups excluding carboxylic acids is 2. The van der Waals surface area contributed by atoms with Gasteiger partial charge in [-0.2, -0.15) is 0 Å². The molecule has 0 unspecified atom stereocenters. The number of ether oxygens (including phenoxy) is 1. The molecule has 7 nitrogen and oxygen atoms in total. The standard InChI is InChI=1S/C28H34N2O5/c1-18(2)16-24(25(31)30-28(26(32)33)14-8-3-9-15-28)29-27(34)35-17-23-21-12-6-4-10-19(21)20-11-5-7-13-22(20)23/h4-7,10-13,18,23-24H,3,8-9,14-17H2,1-2H3,(H,29,34)(H,30,31)(H,32,33)/t24-/m0/s1. The van der Waals surface area contributed by atoms with E-state index in [0.29, 0.717) is 19.3 Å². The van der Waals surface area contributed by atoms with Crippen LogP contribution in [0.3, 0.4) is 0 Å². The summed E-state index contributed by atoms with van der Waals surface area (Å²) >= 11 is 0. The summed E-state index contributed by atoms with van der Waals surface area (Å²) in [5, 5.41) is 15.3. The van der Waals surface area contributed by atoms with E-state index in [1.165, 1.54) is 0 Å². The molecule has 2 aliphatic rings. The Labute approximate surface area is 206 Å². The zero-order valence-corrected chi connectivity index (χ0v) is 20.4. The Hall–Kier alpha value is -3.35. The molecule has 0 radical (unpaired) electrons. The Bertz CT molecular complexity index is 1040. The van der Waals surface area contributed by atoms with E-state index in [9.17, 15) is 19.5 Å². The predicted molar refractivity (Wildman–Crippen MR) is 133 cm³/mol. The number of hydrogen-bond acceptors (Lipinski definition) is 4. The lowest BCUT2D eigenvalue weighted by atomic mass is 9.81. The smallest absolute Gasteiger partial charge is 0.407 e. The van der Waals surface area contributed by atoms with Crippen LogP contribution in [0.1, 0.15) is 69.4 Å². The first-order chi connectivity index (χ1) is 16.8. The fraction of sp³-hybridized carbons (Fsp3) is 0.464. The van der Waals surface area contributed by atoms with Crippen molar-refractivity contribution in [3.05, 3.63) is 59.7 Å². The average Bonchev–Trinajstić information content (AvgIpc) is 3.16. The van der Waals surface area contributed by atoms with Crippen molar-refractivity contribution in [1.82, 2.24) is 10.6 Å².